The van der Waals surface area contributed by atoms with Gasteiger partial charge in [0.2, 0.25) is 5.91 Å². The third-order valence-corrected chi connectivity index (χ3v) is 4.81. The Kier molecular flexibility index (Phi) is 8.03. The maximum Gasteiger partial charge on any atom is 0.308 e. The minimum Gasteiger partial charge on any atom is -0.465 e. The fourth-order valence-corrected chi connectivity index (χ4v) is 3.35. The predicted octanol–water partition coefficient (Wildman–Crippen LogP) is 2.40. The van der Waals surface area contributed by atoms with Gasteiger partial charge in [0.1, 0.15) is 6.04 Å². The van der Waals surface area contributed by atoms with E-state index >= 15 is 0 Å². The molecule has 1 aliphatic heterocycles. The monoisotopic (exact) mass is 445 g/mol. The van der Waals surface area contributed by atoms with Crippen molar-refractivity contribution in [3.05, 3.63) is 33.8 Å². The Morgan fingerprint density at radius 3 is 2.75 bits per heavy atom. The van der Waals surface area contributed by atoms with Gasteiger partial charge in [-0.2, -0.15) is 0 Å². The first-order valence-corrected chi connectivity index (χ1v) is 9.85. The van der Waals surface area contributed by atoms with E-state index < -0.39 is 17.9 Å². The third kappa shape index (κ3) is 6.05. The summed E-state index contributed by atoms with van der Waals surface area (Å²) >= 11 is 17.2. The molecule has 0 saturated carbocycles. The van der Waals surface area contributed by atoms with E-state index in [1.165, 1.54) is 23.1 Å². The second-order valence-electron chi connectivity index (χ2n) is 6.66. The minimum absolute atomic E-state index is 0.0347. The van der Waals surface area contributed by atoms with Crippen molar-refractivity contribution >= 4 is 58.3 Å². The summed E-state index contributed by atoms with van der Waals surface area (Å²) in [6, 6.07) is 3.60. The van der Waals surface area contributed by atoms with E-state index in [2.05, 4.69) is 10.6 Å². The average molecular weight is 446 g/mol. The lowest BCUT2D eigenvalue weighted by Crippen LogP contribution is -2.60. The lowest BCUT2D eigenvalue weighted by Gasteiger charge is -2.36. The summed E-state index contributed by atoms with van der Waals surface area (Å²) in [6.45, 7) is 4.79. The highest BCUT2D eigenvalue weighted by atomic mass is 35.5. The van der Waals surface area contributed by atoms with Crippen LogP contribution < -0.4 is 10.6 Å². The number of carbonyl (C=O) groups is 3. The van der Waals surface area contributed by atoms with Crippen LogP contribution in [-0.2, 0) is 14.3 Å². The molecule has 0 aliphatic carbocycles. The van der Waals surface area contributed by atoms with Crippen molar-refractivity contribution in [3.63, 3.8) is 0 Å². The molecule has 0 bridgehead atoms. The van der Waals surface area contributed by atoms with E-state index in [1.807, 2.05) is 13.8 Å². The number of carbonyl (C=O) groups excluding carboxylic acids is 3. The Labute approximate surface area is 178 Å². The first-order valence-electron chi connectivity index (χ1n) is 8.69. The summed E-state index contributed by atoms with van der Waals surface area (Å²) in [5.74, 6) is -1.20. The number of esters is 1. The normalized spacial score (nSPS) is 16.5. The van der Waals surface area contributed by atoms with E-state index in [4.69, 9.17) is 40.2 Å². The van der Waals surface area contributed by atoms with Gasteiger partial charge >= 0.3 is 5.97 Å². The van der Waals surface area contributed by atoms with Crippen molar-refractivity contribution < 1.29 is 19.1 Å². The van der Waals surface area contributed by atoms with E-state index in [9.17, 15) is 14.4 Å². The van der Waals surface area contributed by atoms with Gasteiger partial charge in [0.05, 0.1) is 23.6 Å². The number of piperazine rings is 1. The van der Waals surface area contributed by atoms with Crippen molar-refractivity contribution in [2.75, 3.05) is 19.7 Å². The zero-order chi connectivity index (χ0) is 20.8. The summed E-state index contributed by atoms with van der Waals surface area (Å²) in [5, 5.41) is 5.86. The summed E-state index contributed by atoms with van der Waals surface area (Å²) in [6.07, 6.45) is -0.170. The molecule has 0 radical (unpaired) electrons. The van der Waals surface area contributed by atoms with Crippen LogP contribution in [-0.4, -0.2) is 53.5 Å². The number of hydrogen-bond acceptors (Lipinski definition) is 5. The van der Waals surface area contributed by atoms with Crippen LogP contribution in [0.15, 0.2) is 18.2 Å². The molecular weight excluding hydrogens is 425 g/mol. The van der Waals surface area contributed by atoms with Gasteiger partial charge in [-0.05, 0) is 36.3 Å². The Bertz CT molecular complexity index is 788. The summed E-state index contributed by atoms with van der Waals surface area (Å²) in [7, 11) is 0. The Balaban J connectivity index is 2.06. The molecule has 2 amide bonds. The predicted molar refractivity (Wildman–Crippen MR) is 110 cm³/mol. The summed E-state index contributed by atoms with van der Waals surface area (Å²) in [5.41, 5.74) is 0.197. The highest BCUT2D eigenvalue weighted by Crippen LogP contribution is 2.21. The quantitative estimate of drug-likeness (QED) is 0.534. The zero-order valence-corrected chi connectivity index (χ0v) is 17.8. The van der Waals surface area contributed by atoms with Gasteiger partial charge in [0.25, 0.3) is 5.91 Å². The Hall–Kier alpha value is -1.90. The molecule has 1 saturated heterocycles. The number of nitrogens with zero attached hydrogens (tertiary/aromatic N) is 1. The molecule has 1 aliphatic rings. The summed E-state index contributed by atoms with van der Waals surface area (Å²) < 4.78 is 5.15. The van der Waals surface area contributed by atoms with Crippen LogP contribution in [0, 0.1) is 5.92 Å². The molecule has 152 valence electrons. The molecule has 1 aromatic rings. The van der Waals surface area contributed by atoms with Crippen LogP contribution in [0.2, 0.25) is 10.0 Å². The molecule has 1 aromatic carbocycles. The molecule has 7 nitrogen and oxygen atoms in total. The van der Waals surface area contributed by atoms with Crippen LogP contribution in [0.1, 0.15) is 30.6 Å². The van der Waals surface area contributed by atoms with Gasteiger partial charge in [-0.15, -0.1) is 0 Å². The molecule has 2 N–H and O–H groups in total. The van der Waals surface area contributed by atoms with E-state index in [0.717, 1.165) is 0 Å². The molecule has 2 rings (SSSR count). The molecule has 1 atom stereocenters. The smallest absolute Gasteiger partial charge is 0.308 e. The topological polar surface area (TPSA) is 87.7 Å². The number of nitrogens with one attached hydrogen (secondary N) is 2. The van der Waals surface area contributed by atoms with Crippen molar-refractivity contribution in [1.82, 2.24) is 15.5 Å². The lowest BCUT2D eigenvalue weighted by atomic mass is 10.1. The second kappa shape index (κ2) is 10.0. The van der Waals surface area contributed by atoms with Gasteiger partial charge in [0, 0.05) is 18.1 Å². The SMILES string of the molecule is CC(C)COC(=O)CC1C(=O)NCCN1C(=S)NC(=O)c1ccc(Cl)cc1Cl. The largest absolute Gasteiger partial charge is 0.465 e. The summed E-state index contributed by atoms with van der Waals surface area (Å²) in [4.78, 5) is 38.3. The molecule has 1 unspecified atom stereocenters. The molecular formula is C18H21Cl2N3O4S. The van der Waals surface area contributed by atoms with Crippen molar-refractivity contribution in [2.45, 2.75) is 26.3 Å². The first kappa shape index (κ1) is 22.4. The first-order chi connectivity index (χ1) is 13.2. The van der Waals surface area contributed by atoms with E-state index in [-0.39, 0.29) is 40.6 Å². The van der Waals surface area contributed by atoms with Gasteiger partial charge in [0.15, 0.2) is 5.11 Å². The maximum absolute atomic E-state index is 12.5. The Morgan fingerprint density at radius 1 is 1.39 bits per heavy atom. The standard InChI is InChI=1S/C18H21Cl2N3O4S/c1-10(2)9-27-15(24)8-14-17(26)21-5-6-23(14)18(28)22-16(25)12-4-3-11(19)7-13(12)20/h3-4,7,10,14H,5-6,8-9H2,1-2H3,(H,21,26)(H,22,25,28). The number of halogens is 2. The fraction of sp³-hybridized carbons (Fsp3) is 0.444. The van der Waals surface area contributed by atoms with Crippen molar-refractivity contribution in [3.8, 4) is 0 Å². The second-order valence-corrected chi connectivity index (χ2v) is 7.89. The lowest BCUT2D eigenvalue weighted by molar-refractivity contribution is -0.148. The van der Waals surface area contributed by atoms with Crippen LogP contribution in [0.25, 0.3) is 0 Å². The molecule has 10 heteroatoms. The average Bonchev–Trinajstić information content (AvgIpc) is 2.61. The van der Waals surface area contributed by atoms with Crippen LogP contribution in [0.4, 0.5) is 0 Å². The van der Waals surface area contributed by atoms with Gasteiger partial charge in [-0.1, -0.05) is 37.0 Å². The highest BCUT2D eigenvalue weighted by molar-refractivity contribution is 7.80. The van der Waals surface area contributed by atoms with Gasteiger partial charge < -0.3 is 15.0 Å². The van der Waals surface area contributed by atoms with E-state index in [1.54, 1.807) is 0 Å². The number of amides is 2. The van der Waals surface area contributed by atoms with Crippen LogP contribution >= 0.6 is 35.4 Å². The molecule has 1 heterocycles. The molecule has 28 heavy (non-hydrogen) atoms. The molecule has 1 fully saturated rings. The Morgan fingerprint density at radius 2 is 2.11 bits per heavy atom. The number of rotatable bonds is 5. The number of thiocarbonyl (C=S) groups is 1. The fourth-order valence-electron chi connectivity index (χ4n) is 2.55. The number of benzene rings is 1. The zero-order valence-electron chi connectivity index (χ0n) is 15.5. The van der Waals surface area contributed by atoms with Crippen LogP contribution in [0.5, 0.6) is 0 Å². The van der Waals surface area contributed by atoms with Crippen molar-refractivity contribution in [2.24, 2.45) is 5.92 Å². The van der Waals surface area contributed by atoms with Crippen molar-refractivity contribution in [1.29, 1.82) is 0 Å². The van der Waals surface area contributed by atoms with Gasteiger partial charge in [-0.25, -0.2) is 0 Å². The van der Waals surface area contributed by atoms with Gasteiger partial charge in [-0.3, -0.25) is 19.7 Å². The van der Waals surface area contributed by atoms with Crippen LogP contribution in [0.3, 0.4) is 0 Å². The molecule has 0 aromatic heterocycles. The number of hydrogen-bond donors (Lipinski definition) is 2. The maximum atomic E-state index is 12.5. The van der Waals surface area contributed by atoms with E-state index in [0.29, 0.717) is 18.1 Å². The number of ether oxygens (including phenoxy) is 1. The third-order valence-electron chi connectivity index (χ3n) is 3.93. The highest BCUT2D eigenvalue weighted by Gasteiger charge is 2.34. The molecule has 0 spiro atoms. The minimum atomic E-state index is -0.859.